The maximum Gasteiger partial charge on any atom is 0.230 e. The highest BCUT2D eigenvalue weighted by molar-refractivity contribution is 5.84. The Kier molecular flexibility index (Phi) is 4.00. The van der Waals surface area contributed by atoms with Crippen molar-refractivity contribution < 1.29 is 4.79 Å². The van der Waals surface area contributed by atoms with Crippen LogP contribution in [0.15, 0.2) is 0 Å². The second kappa shape index (κ2) is 5.20. The Bertz CT molecular complexity index is 308. The van der Waals surface area contributed by atoms with Gasteiger partial charge in [0.25, 0.3) is 0 Å². The third-order valence-corrected chi connectivity index (χ3v) is 5.10. The summed E-state index contributed by atoms with van der Waals surface area (Å²) in [7, 11) is 0. The number of amides is 1. The Labute approximate surface area is 111 Å². The van der Waals surface area contributed by atoms with Gasteiger partial charge in [0.05, 0.1) is 5.41 Å². The van der Waals surface area contributed by atoms with Gasteiger partial charge in [-0.15, -0.1) is 0 Å². The first-order valence-electron chi connectivity index (χ1n) is 7.49. The third kappa shape index (κ3) is 2.29. The highest BCUT2D eigenvalue weighted by atomic mass is 16.2. The molecule has 0 spiro atoms. The molecule has 3 heteroatoms. The molecule has 1 amide bonds. The van der Waals surface area contributed by atoms with Crippen LogP contribution < -0.4 is 5.32 Å². The van der Waals surface area contributed by atoms with E-state index >= 15 is 0 Å². The summed E-state index contributed by atoms with van der Waals surface area (Å²) >= 11 is 0. The zero-order chi connectivity index (χ0) is 13.3. The van der Waals surface area contributed by atoms with Crippen LogP contribution in [0.25, 0.3) is 0 Å². The van der Waals surface area contributed by atoms with Crippen molar-refractivity contribution in [3.8, 4) is 0 Å². The zero-order valence-corrected chi connectivity index (χ0v) is 12.3. The summed E-state index contributed by atoms with van der Waals surface area (Å²) in [5.41, 5.74) is -0.147. The van der Waals surface area contributed by atoms with Gasteiger partial charge in [0.2, 0.25) is 5.91 Å². The molecule has 2 fully saturated rings. The lowest BCUT2D eigenvalue weighted by Crippen LogP contribution is -2.54. The lowest BCUT2D eigenvalue weighted by molar-refractivity contribution is -0.148. The van der Waals surface area contributed by atoms with Crippen molar-refractivity contribution in [2.45, 2.75) is 53.0 Å². The molecule has 0 saturated carbocycles. The van der Waals surface area contributed by atoms with E-state index in [1.807, 2.05) is 0 Å². The second-order valence-electron chi connectivity index (χ2n) is 6.73. The number of hydrogen-bond donors (Lipinski definition) is 1. The molecule has 1 N–H and O–H groups in total. The van der Waals surface area contributed by atoms with Crippen molar-refractivity contribution in [2.75, 3.05) is 19.6 Å². The van der Waals surface area contributed by atoms with Crippen LogP contribution in [0.4, 0.5) is 0 Å². The van der Waals surface area contributed by atoms with Gasteiger partial charge in [-0.25, -0.2) is 0 Å². The van der Waals surface area contributed by atoms with Gasteiger partial charge in [-0.05, 0) is 44.6 Å². The van der Waals surface area contributed by atoms with Crippen LogP contribution in [0.5, 0.6) is 0 Å². The SMILES string of the molecule is CC1CCC(C)N(C(=O)C2(C(C)C)CCNC2)C1. The molecule has 2 aliphatic heterocycles. The monoisotopic (exact) mass is 252 g/mol. The maximum absolute atomic E-state index is 13.0. The fourth-order valence-electron chi connectivity index (χ4n) is 3.49. The van der Waals surface area contributed by atoms with Crippen molar-refractivity contribution >= 4 is 5.91 Å². The first kappa shape index (κ1) is 13.9. The Hall–Kier alpha value is -0.570. The van der Waals surface area contributed by atoms with E-state index in [2.05, 4.69) is 37.9 Å². The molecule has 3 nitrogen and oxygen atoms in total. The zero-order valence-electron chi connectivity index (χ0n) is 12.3. The minimum atomic E-state index is -0.147. The Balaban J connectivity index is 2.17. The number of nitrogens with one attached hydrogen (secondary N) is 1. The van der Waals surface area contributed by atoms with E-state index in [0.29, 0.717) is 23.8 Å². The van der Waals surface area contributed by atoms with Gasteiger partial charge in [0, 0.05) is 19.1 Å². The van der Waals surface area contributed by atoms with Crippen LogP contribution in [-0.2, 0) is 4.79 Å². The quantitative estimate of drug-likeness (QED) is 0.817. The fraction of sp³-hybridized carbons (Fsp3) is 0.933. The number of nitrogens with zero attached hydrogens (tertiary/aromatic N) is 1. The highest BCUT2D eigenvalue weighted by Gasteiger charge is 2.47. The molecule has 3 unspecified atom stereocenters. The van der Waals surface area contributed by atoms with Crippen LogP contribution in [0.1, 0.15) is 47.0 Å². The molecule has 0 bridgehead atoms. The molecule has 2 rings (SSSR count). The minimum Gasteiger partial charge on any atom is -0.339 e. The van der Waals surface area contributed by atoms with E-state index in [9.17, 15) is 4.79 Å². The minimum absolute atomic E-state index is 0.147. The van der Waals surface area contributed by atoms with Crippen LogP contribution in [-0.4, -0.2) is 36.5 Å². The van der Waals surface area contributed by atoms with Crippen molar-refractivity contribution in [3.05, 3.63) is 0 Å². The highest BCUT2D eigenvalue weighted by Crippen LogP contribution is 2.38. The Morgan fingerprint density at radius 3 is 2.61 bits per heavy atom. The summed E-state index contributed by atoms with van der Waals surface area (Å²) in [6.07, 6.45) is 3.42. The van der Waals surface area contributed by atoms with Crippen LogP contribution in [0.2, 0.25) is 0 Å². The average Bonchev–Trinajstić information content (AvgIpc) is 2.82. The van der Waals surface area contributed by atoms with Crippen molar-refractivity contribution in [3.63, 3.8) is 0 Å². The molecule has 0 aliphatic carbocycles. The van der Waals surface area contributed by atoms with Gasteiger partial charge in [-0.3, -0.25) is 4.79 Å². The number of likely N-dealkylation sites (tertiary alicyclic amines) is 1. The van der Waals surface area contributed by atoms with Gasteiger partial charge in [-0.2, -0.15) is 0 Å². The van der Waals surface area contributed by atoms with E-state index < -0.39 is 0 Å². The molecule has 104 valence electrons. The molecule has 0 aromatic heterocycles. The number of carbonyl (C=O) groups is 1. The first-order valence-corrected chi connectivity index (χ1v) is 7.49. The van der Waals surface area contributed by atoms with Gasteiger partial charge in [0.15, 0.2) is 0 Å². The number of hydrogen-bond acceptors (Lipinski definition) is 2. The topological polar surface area (TPSA) is 32.3 Å². The summed E-state index contributed by atoms with van der Waals surface area (Å²) < 4.78 is 0. The molecule has 0 aromatic rings. The standard InChI is InChI=1S/C15H28N2O/c1-11(2)15(7-8-16-10-15)14(18)17-9-12(3)5-6-13(17)4/h11-13,16H,5-10H2,1-4H3. The van der Waals surface area contributed by atoms with Crippen LogP contribution >= 0.6 is 0 Å². The van der Waals surface area contributed by atoms with E-state index in [0.717, 1.165) is 32.5 Å². The summed E-state index contributed by atoms with van der Waals surface area (Å²) in [6.45, 7) is 11.7. The lowest BCUT2D eigenvalue weighted by Gasteiger charge is -2.43. The van der Waals surface area contributed by atoms with Gasteiger partial charge < -0.3 is 10.2 Å². The summed E-state index contributed by atoms with van der Waals surface area (Å²) in [5, 5.41) is 3.39. The number of carbonyl (C=O) groups excluding carboxylic acids is 1. The number of piperidine rings is 1. The molecule has 18 heavy (non-hydrogen) atoms. The molecule has 3 atom stereocenters. The molecular formula is C15H28N2O. The largest absolute Gasteiger partial charge is 0.339 e. The average molecular weight is 252 g/mol. The van der Waals surface area contributed by atoms with Gasteiger partial charge >= 0.3 is 0 Å². The van der Waals surface area contributed by atoms with Crippen molar-refractivity contribution in [1.29, 1.82) is 0 Å². The molecule has 0 radical (unpaired) electrons. The Morgan fingerprint density at radius 1 is 1.33 bits per heavy atom. The van der Waals surface area contributed by atoms with Crippen LogP contribution in [0.3, 0.4) is 0 Å². The molecule has 2 heterocycles. The molecule has 2 saturated heterocycles. The predicted molar refractivity (Wildman–Crippen MR) is 74.3 cm³/mol. The first-order chi connectivity index (χ1) is 8.47. The van der Waals surface area contributed by atoms with Gasteiger partial charge in [0.1, 0.15) is 0 Å². The summed E-state index contributed by atoms with van der Waals surface area (Å²) in [4.78, 5) is 15.2. The van der Waals surface area contributed by atoms with Crippen LogP contribution in [0, 0.1) is 17.3 Å². The fourth-order valence-corrected chi connectivity index (χ4v) is 3.49. The lowest BCUT2D eigenvalue weighted by atomic mass is 9.74. The second-order valence-corrected chi connectivity index (χ2v) is 6.73. The predicted octanol–water partition coefficient (Wildman–Crippen LogP) is 2.27. The van der Waals surface area contributed by atoms with Gasteiger partial charge in [-0.1, -0.05) is 20.8 Å². The number of rotatable bonds is 2. The normalized spacial score (nSPS) is 37.3. The maximum atomic E-state index is 13.0. The molecule has 0 aromatic carbocycles. The van der Waals surface area contributed by atoms with E-state index in [-0.39, 0.29) is 5.41 Å². The summed E-state index contributed by atoms with van der Waals surface area (Å²) in [6, 6.07) is 0.421. The van der Waals surface area contributed by atoms with Crippen molar-refractivity contribution in [2.24, 2.45) is 17.3 Å². The molecule has 2 aliphatic rings. The smallest absolute Gasteiger partial charge is 0.230 e. The van der Waals surface area contributed by atoms with E-state index in [1.165, 1.54) is 6.42 Å². The summed E-state index contributed by atoms with van der Waals surface area (Å²) in [5.74, 6) is 1.48. The van der Waals surface area contributed by atoms with Crippen molar-refractivity contribution in [1.82, 2.24) is 10.2 Å². The Morgan fingerprint density at radius 2 is 2.06 bits per heavy atom. The third-order valence-electron chi connectivity index (χ3n) is 5.10. The van der Waals surface area contributed by atoms with E-state index in [1.54, 1.807) is 0 Å². The van der Waals surface area contributed by atoms with E-state index in [4.69, 9.17) is 0 Å². The molecular weight excluding hydrogens is 224 g/mol.